The van der Waals surface area contributed by atoms with Gasteiger partial charge in [-0.25, -0.2) is 0 Å². The largest absolute Gasteiger partial charge is 0.372 e. The van der Waals surface area contributed by atoms with Gasteiger partial charge in [0.15, 0.2) is 11.6 Å². The smallest absolute Gasteiger partial charge is 0.193 e. The van der Waals surface area contributed by atoms with Gasteiger partial charge in [-0.15, -0.1) is 0 Å². The predicted octanol–water partition coefficient (Wildman–Crippen LogP) is 6.01. The number of fused-ring (bicyclic) bond motifs is 1. The van der Waals surface area contributed by atoms with E-state index in [2.05, 4.69) is 10.6 Å². The Balaban J connectivity index is 1.77. The van der Waals surface area contributed by atoms with E-state index in [9.17, 15) is 9.59 Å². The van der Waals surface area contributed by atoms with Gasteiger partial charge in [-0.05, 0) is 49.7 Å². The average Bonchev–Trinajstić information content (AvgIpc) is 2.89. The molecule has 4 nitrogen and oxygen atoms in total. The number of hydrogen-bond donors (Lipinski definition) is 2. The third kappa shape index (κ3) is 3.87. The van der Waals surface area contributed by atoms with Crippen molar-refractivity contribution in [2.75, 3.05) is 10.6 Å². The van der Waals surface area contributed by atoms with Gasteiger partial charge in [0.2, 0.25) is 0 Å². The molecule has 0 bridgehead atoms. The van der Waals surface area contributed by atoms with Crippen LogP contribution in [0.3, 0.4) is 0 Å². The Bertz CT molecular complexity index is 1170. The number of rotatable bonds is 4. The van der Waals surface area contributed by atoms with E-state index >= 15 is 0 Å². The van der Waals surface area contributed by atoms with Crippen molar-refractivity contribution in [1.82, 2.24) is 0 Å². The molecule has 0 aliphatic carbocycles. The molecule has 0 fully saturated rings. The van der Waals surface area contributed by atoms with Crippen molar-refractivity contribution in [2.45, 2.75) is 19.9 Å². The van der Waals surface area contributed by atoms with Gasteiger partial charge in [0, 0.05) is 27.4 Å². The lowest BCUT2D eigenvalue weighted by Crippen LogP contribution is -2.18. The van der Waals surface area contributed by atoms with Crippen LogP contribution in [-0.2, 0) is 4.79 Å². The summed E-state index contributed by atoms with van der Waals surface area (Å²) < 4.78 is 0. The van der Waals surface area contributed by atoms with Crippen molar-refractivity contribution < 1.29 is 9.59 Å². The van der Waals surface area contributed by atoms with E-state index in [-0.39, 0.29) is 17.6 Å². The van der Waals surface area contributed by atoms with Gasteiger partial charge in [-0.1, -0.05) is 54.1 Å². The standard InChI is InChI=1S/C25H21ClN2O2/c1-15-23(16(2)29)24(18-9-6-10-20(26)13-18)28-21-12-11-19(14-22(21)27-15)25(30)17-7-4-3-5-8-17/h3-14,24,27-28H,1-2H3. The number of Topliss-reactive ketones (excluding diaryl/α,β-unsaturated/α-hetero) is 1. The summed E-state index contributed by atoms with van der Waals surface area (Å²) in [5.74, 6) is -0.0878. The van der Waals surface area contributed by atoms with Crippen LogP contribution in [0.1, 0.15) is 41.4 Å². The Hall–Kier alpha value is -3.37. The highest BCUT2D eigenvalue weighted by atomic mass is 35.5. The number of anilines is 2. The van der Waals surface area contributed by atoms with Gasteiger partial charge in [-0.2, -0.15) is 0 Å². The van der Waals surface area contributed by atoms with Crippen LogP contribution in [0.2, 0.25) is 5.02 Å². The summed E-state index contributed by atoms with van der Waals surface area (Å²) >= 11 is 6.20. The van der Waals surface area contributed by atoms with E-state index in [4.69, 9.17) is 11.6 Å². The highest BCUT2D eigenvalue weighted by Crippen LogP contribution is 2.38. The van der Waals surface area contributed by atoms with E-state index in [1.54, 1.807) is 31.2 Å². The van der Waals surface area contributed by atoms with Crippen LogP contribution in [-0.4, -0.2) is 11.6 Å². The van der Waals surface area contributed by atoms with Crippen molar-refractivity contribution in [1.29, 1.82) is 0 Å². The van der Waals surface area contributed by atoms with E-state index in [1.807, 2.05) is 55.5 Å². The van der Waals surface area contributed by atoms with Gasteiger partial charge >= 0.3 is 0 Å². The highest BCUT2D eigenvalue weighted by Gasteiger charge is 2.27. The molecule has 5 heteroatoms. The third-order valence-corrected chi connectivity index (χ3v) is 5.43. The van der Waals surface area contributed by atoms with E-state index < -0.39 is 0 Å². The first kappa shape index (κ1) is 19.9. The molecule has 3 aromatic rings. The fraction of sp³-hybridized carbons (Fsp3) is 0.120. The maximum absolute atomic E-state index is 12.9. The van der Waals surface area contributed by atoms with Crippen LogP contribution in [0.4, 0.5) is 11.4 Å². The Morgan fingerprint density at radius 1 is 0.867 bits per heavy atom. The molecule has 150 valence electrons. The quantitative estimate of drug-likeness (QED) is 0.511. The van der Waals surface area contributed by atoms with Crippen molar-refractivity contribution in [3.8, 4) is 0 Å². The summed E-state index contributed by atoms with van der Waals surface area (Å²) in [5, 5.41) is 7.39. The zero-order chi connectivity index (χ0) is 21.3. The lowest BCUT2D eigenvalue weighted by Gasteiger charge is -2.21. The van der Waals surface area contributed by atoms with E-state index in [0.717, 1.165) is 22.6 Å². The zero-order valence-corrected chi connectivity index (χ0v) is 17.5. The minimum atomic E-state index is -0.356. The number of carbonyl (C=O) groups is 2. The van der Waals surface area contributed by atoms with Crippen LogP contribution in [0, 0.1) is 0 Å². The van der Waals surface area contributed by atoms with Gasteiger partial charge in [-0.3, -0.25) is 9.59 Å². The number of hydrogen-bond acceptors (Lipinski definition) is 4. The number of ketones is 2. The van der Waals surface area contributed by atoms with Crippen molar-refractivity contribution in [2.24, 2.45) is 0 Å². The highest BCUT2D eigenvalue weighted by molar-refractivity contribution is 6.30. The number of allylic oxidation sites excluding steroid dienone is 1. The molecule has 1 atom stereocenters. The molecule has 0 saturated carbocycles. The molecule has 2 N–H and O–H groups in total. The molecule has 0 amide bonds. The third-order valence-electron chi connectivity index (χ3n) is 5.19. The van der Waals surface area contributed by atoms with Gasteiger partial charge in [0.25, 0.3) is 0 Å². The summed E-state index contributed by atoms with van der Waals surface area (Å²) in [7, 11) is 0. The first-order valence-corrected chi connectivity index (χ1v) is 10.1. The van der Waals surface area contributed by atoms with Crippen molar-refractivity contribution in [3.05, 3.63) is 106 Å². The SMILES string of the molecule is CC(=O)C1=C(C)Nc2cc(C(=O)c3ccccc3)ccc2NC1c1cccc(Cl)c1. The fourth-order valence-corrected chi connectivity index (χ4v) is 3.99. The summed E-state index contributed by atoms with van der Waals surface area (Å²) in [6, 6.07) is 21.8. The first-order chi connectivity index (χ1) is 14.4. The van der Waals surface area contributed by atoms with Gasteiger partial charge < -0.3 is 10.6 Å². The number of carbonyl (C=O) groups excluding carboxylic acids is 2. The zero-order valence-electron chi connectivity index (χ0n) is 16.7. The fourth-order valence-electron chi connectivity index (χ4n) is 3.79. The van der Waals surface area contributed by atoms with Crippen molar-refractivity contribution in [3.63, 3.8) is 0 Å². The lowest BCUT2D eigenvalue weighted by molar-refractivity contribution is -0.113. The summed E-state index contributed by atoms with van der Waals surface area (Å²) in [4.78, 5) is 25.4. The van der Waals surface area contributed by atoms with Gasteiger partial charge in [0.1, 0.15) is 0 Å². The second-order valence-electron chi connectivity index (χ2n) is 7.31. The first-order valence-electron chi connectivity index (χ1n) is 9.68. The van der Waals surface area contributed by atoms with Crippen LogP contribution in [0.15, 0.2) is 84.1 Å². The molecular formula is C25H21ClN2O2. The average molecular weight is 417 g/mol. The second-order valence-corrected chi connectivity index (χ2v) is 7.74. The minimum absolute atomic E-state index is 0.0362. The molecule has 0 spiro atoms. The van der Waals surface area contributed by atoms with Crippen molar-refractivity contribution >= 4 is 34.5 Å². The molecule has 1 aliphatic heterocycles. The van der Waals surface area contributed by atoms with Crippen LogP contribution in [0.5, 0.6) is 0 Å². The summed E-state index contributed by atoms with van der Waals surface area (Å²) in [5.41, 5.74) is 5.02. The molecule has 0 saturated heterocycles. The Labute approximate surface area is 180 Å². The Morgan fingerprint density at radius 3 is 2.33 bits per heavy atom. The maximum Gasteiger partial charge on any atom is 0.193 e. The molecule has 3 aromatic carbocycles. The monoisotopic (exact) mass is 416 g/mol. The Kier molecular flexibility index (Phi) is 5.42. The van der Waals surface area contributed by atoms with Gasteiger partial charge in [0.05, 0.1) is 17.4 Å². The molecule has 1 aliphatic rings. The normalized spacial score (nSPS) is 15.5. The second kappa shape index (κ2) is 8.17. The van der Waals surface area contributed by atoms with Crippen LogP contribution in [0.25, 0.3) is 0 Å². The molecule has 4 rings (SSSR count). The number of nitrogens with one attached hydrogen (secondary N) is 2. The molecule has 30 heavy (non-hydrogen) atoms. The molecule has 0 aromatic heterocycles. The predicted molar refractivity (Wildman–Crippen MR) is 121 cm³/mol. The lowest BCUT2D eigenvalue weighted by atomic mass is 9.94. The maximum atomic E-state index is 12.9. The molecule has 0 radical (unpaired) electrons. The van der Waals surface area contributed by atoms with E-state index in [0.29, 0.717) is 21.7 Å². The van der Waals surface area contributed by atoms with E-state index in [1.165, 1.54) is 0 Å². The summed E-state index contributed by atoms with van der Waals surface area (Å²) in [6.07, 6.45) is 0. The molecular weight excluding hydrogens is 396 g/mol. The number of benzene rings is 3. The van der Waals surface area contributed by atoms with Crippen LogP contribution < -0.4 is 10.6 Å². The minimum Gasteiger partial charge on any atom is -0.372 e. The topological polar surface area (TPSA) is 58.2 Å². The molecule has 1 heterocycles. The summed E-state index contributed by atoms with van der Waals surface area (Å²) in [6.45, 7) is 3.43. The number of halogens is 1. The molecule has 1 unspecified atom stereocenters. The van der Waals surface area contributed by atoms with Crippen LogP contribution >= 0.6 is 11.6 Å². The Morgan fingerprint density at radius 2 is 1.63 bits per heavy atom.